The molecular weight excluding hydrogens is 360 g/mol. The minimum Gasteiger partial charge on any atom is -0.454 e. The molecule has 1 aliphatic rings. The molecule has 2 aromatic heterocycles. The number of imidazole rings is 1. The SMILES string of the molecule is CN(CC(=O)NCCc1ccc2c(c1)OCO2)c1ccnc(-n2ccnc2)n1. The summed E-state index contributed by atoms with van der Waals surface area (Å²) in [6.07, 6.45) is 7.42. The average Bonchev–Trinajstić information content (AvgIpc) is 3.39. The highest BCUT2D eigenvalue weighted by molar-refractivity contribution is 5.80. The second kappa shape index (κ2) is 7.95. The lowest BCUT2D eigenvalue weighted by Gasteiger charge is -2.18. The van der Waals surface area contributed by atoms with Crippen molar-refractivity contribution in [3.8, 4) is 17.4 Å². The van der Waals surface area contributed by atoms with Crippen LogP contribution in [-0.4, -0.2) is 52.4 Å². The monoisotopic (exact) mass is 380 g/mol. The maximum absolute atomic E-state index is 12.3. The van der Waals surface area contributed by atoms with Crippen LogP contribution >= 0.6 is 0 Å². The van der Waals surface area contributed by atoms with E-state index in [1.54, 1.807) is 40.5 Å². The third-order valence-corrected chi connectivity index (χ3v) is 4.31. The summed E-state index contributed by atoms with van der Waals surface area (Å²) in [6.45, 7) is 0.991. The third kappa shape index (κ3) is 4.03. The molecule has 1 aromatic carbocycles. The Morgan fingerprint density at radius 1 is 1.25 bits per heavy atom. The third-order valence-electron chi connectivity index (χ3n) is 4.31. The van der Waals surface area contributed by atoms with Gasteiger partial charge in [-0.15, -0.1) is 0 Å². The number of carbonyl (C=O) groups is 1. The van der Waals surface area contributed by atoms with Gasteiger partial charge in [0.05, 0.1) is 6.54 Å². The fourth-order valence-corrected chi connectivity index (χ4v) is 2.85. The highest BCUT2D eigenvalue weighted by Crippen LogP contribution is 2.32. The molecule has 0 unspecified atom stereocenters. The van der Waals surface area contributed by atoms with Crippen molar-refractivity contribution < 1.29 is 14.3 Å². The Morgan fingerprint density at radius 2 is 2.14 bits per heavy atom. The van der Waals surface area contributed by atoms with Crippen LogP contribution < -0.4 is 19.7 Å². The van der Waals surface area contributed by atoms with Crippen molar-refractivity contribution in [3.63, 3.8) is 0 Å². The number of benzene rings is 1. The van der Waals surface area contributed by atoms with E-state index < -0.39 is 0 Å². The second-order valence-corrected chi connectivity index (χ2v) is 6.33. The number of hydrogen-bond acceptors (Lipinski definition) is 7. The van der Waals surface area contributed by atoms with Gasteiger partial charge in [-0.1, -0.05) is 6.07 Å². The van der Waals surface area contributed by atoms with E-state index in [0.29, 0.717) is 24.7 Å². The molecule has 0 saturated heterocycles. The number of ether oxygens (including phenoxy) is 2. The Morgan fingerprint density at radius 3 is 3.00 bits per heavy atom. The normalized spacial score (nSPS) is 12.0. The van der Waals surface area contributed by atoms with Crippen molar-refractivity contribution in [2.24, 2.45) is 0 Å². The number of likely N-dealkylation sites (N-methyl/N-ethyl adjacent to an activating group) is 1. The fourth-order valence-electron chi connectivity index (χ4n) is 2.85. The van der Waals surface area contributed by atoms with E-state index in [4.69, 9.17) is 9.47 Å². The van der Waals surface area contributed by atoms with Crippen LogP contribution in [0.5, 0.6) is 11.5 Å². The smallest absolute Gasteiger partial charge is 0.239 e. The lowest BCUT2D eigenvalue weighted by Crippen LogP contribution is -2.36. The predicted molar refractivity (Wildman–Crippen MR) is 102 cm³/mol. The van der Waals surface area contributed by atoms with E-state index in [9.17, 15) is 4.79 Å². The number of nitrogens with one attached hydrogen (secondary N) is 1. The lowest BCUT2D eigenvalue weighted by atomic mass is 10.1. The van der Waals surface area contributed by atoms with E-state index in [1.807, 2.05) is 25.2 Å². The van der Waals surface area contributed by atoms with E-state index >= 15 is 0 Å². The Labute approximate surface area is 162 Å². The molecule has 0 aliphatic carbocycles. The van der Waals surface area contributed by atoms with Gasteiger partial charge in [-0.3, -0.25) is 9.36 Å². The molecule has 3 heterocycles. The molecule has 1 amide bonds. The summed E-state index contributed by atoms with van der Waals surface area (Å²) >= 11 is 0. The van der Waals surface area contributed by atoms with Gasteiger partial charge in [0, 0.05) is 32.2 Å². The predicted octanol–water partition coefficient (Wildman–Crippen LogP) is 1.19. The van der Waals surface area contributed by atoms with E-state index in [1.165, 1.54) is 0 Å². The number of fused-ring (bicyclic) bond motifs is 1. The van der Waals surface area contributed by atoms with Crippen molar-refractivity contribution in [2.75, 3.05) is 31.8 Å². The van der Waals surface area contributed by atoms with Gasteiger partial charge in [0.1, 0.15) is 12.1 Å². The Kier molecular flexibility index (Phi) is 5.05. The number of carbonyl (C=O) groups excluding carboxylic acids is 1. The maximum atomic E-state index is 12.3. The van der Waals surface area contributed by atoms with Crippen molar-refractivity contribution in [1.29, 1.82) is 0 Å². The minimum absolute atomic E-state index is 0.0777. The molecule has 4 rings (SSSR count). The number of amides is 1. The molecule has 1 aliphatic heterocycles. The number of aromatic nitrogens is 4. The van der Waals surface area contributed by atoms with Gasteiger partial charge in [-0.25, -0.2) is 9.97 Å². The van der Waals surface area contributed by atoms with Gasteiger partial charge in [0.2, 0.25) is 18.6 Å². The first-order chi connectivity index (χ1) is 13.7. The van der Waals surface area contributed by atoms with E-state index in [-0.39, 0.29) is 19.2 Å². The van der Waals surface area contributed by atoms with Crippen LogP contribution in [0, 0.1) is 0 Å². The molecule has 28 heavy (non-hydrogen) atoms. The highest BCUT2D eigenvalue weighted by Gasteiger charge is 2.14. The van der Waals surface area contributed by atoms with Crippen molar-refractivity contribution in [2.45, 2.75) is 6.42 Å². The van der Waals surface area contributed by atoms with Crippen molar-refractivity contribution >= 4 is 11.7 Å². The standard InChI is InChI=1S/C19H20N6O3/c1-24(17-5-7-22-19(23-17)25-9-8-20-12-25)11-18(26)21-6-4-14-2-3-15-16(10-14)28-13-27-15/h2-3,5,7-10,12H,4,6,11,13H2,1H3,(H,21,26). The summed E-state index contributed by atoms with van der Waals surface area (Å²) in [6, 6.07) is 7.57. The summed E-state index contributed by atoms with van der Waals surface area (Å²) in [5.41, 5.74) is 1.08. The van der Waals surface area contributed by atoms with Crippen molar-refractivity contribution in [1.82, 2.24) is 24.8 Å². The molecule has 9 heteroatoms. The molecule has 3 aromatic rings. The summed E-state index contributed by atoms with van der Waals surface area (Å²) in [5, 5.41) is 2.93. The van der Waals surface area contributed by atoms with Gasteiger partial charge in [0.25, 0.3) is 0 Å². The maximum Gasteiger partial charge on any atom is 0.239 e. The Bertz CT molecular complexity index is 960. The first-order valence-electron chi connectivity index (χ1n) is 8.87. The molecule has 144 valence electrons. The molecule has 0 atom stereocenters. The van der Waals surface area contributed by atoms with Crippen LogP contribution in [0.4, 0.5) is 5.82 Å². The molecule has 9 nitrogen and oxygen atoms in total. The van der Waals surface area contributed by atoms with Crippen molar-refractivity contribution in [3.05, 3.63) is 54.7 Å². The van der Waals surface area contributed by atoms with E-state index in [2.05, 4.69) is 20.3 Å². The van der Waals surface area contributed by atoms with Gasteiger partial charge in [-0.2, -0.15) is 4.98 Å². The van der Waals surface area contributed by atoms with Gasteiger partial charge in [-0.05, 0) is 30.2 Å². The van der Waals surface area contributed by atoms with Gasteiger partial charge >= 0.3 is 0 Å². The topological polar surface area (TPSA) is 94.4 Å². The van der Waals surface area contributed by atoms with E-state index in [0.717, 1.165) is 17.1 Å². The molecule has 0 bridgehead atoms. The lowest BCUT2D eigenvalue weighted by molar-refractivity contribution is -0.119. The largest absolute Gasteiger partial charge is 0.454 e. The van der Waals surface area contributed by atoms with Gasteiger partial charge in [0.15, 0.2) is 11.5 Å². The Hall–Kier alpha value is -3.62. The summed E-state index contributed by atoms with van der Waals surface area (Å²) in [5.74, 6) is 2.59. The molecule has 1 N–H and O–H groups in total. The summed E-state index contributed by atoms with van der Waals surface area (Å²) < 4.78 is 12.4. The van der Waals surface area contributed by atoms with Crippen LogP contribution in [0.15, 0.2) is 49.2 Å². The molecule has 0 radical (unpaired) electrons. The zero-order valence-corrected chi connectivity index (χ0v) is 15.4. The molecule has 0 fully saturated rings. The van der Waals surface area contributed by atoms with Crippen LogP contribution in [0.2, 0.25) is 0 Å². The number of anilines is 1. The number of nitrogens with zero attached hydrogens (tertiary/aromatic N) is 5. The van der Waals surface area contributed by atoms with Crippen LogP contribution in [0.25, 0.3) is 5.95 Å². The summed E-state index contributed by atoms with van der Waals surface area (Å²) in [7, 11) is 1.82. The van der Waals surface area contributed by atoms with Crippen LogP contribution in [-0.2, 0) is 11.2 Å². The van der Waals surface area contributed by atoms with Crippen LogP contribution in [0.1, 0.15) is 5.56 Å². The molecule has 0 saturated carbocycles. The average molecular weight is 380 g/mol. The first kappa shape index (κ1) is 17.8. The molecular formula is C19H20N6O3. The summed E-state index contributed by atoms with van der Waals surface area (Å²) in [4.78, 5) is 26.7. The Balaban J connectivity index is 1.28. The number of rotatable bonds is 7. The highest BCUT2D eigenvalue weighted by atomic mass is 16.7. The second-order valence-electron chi connectivity index (χ2n) is 6.33. The quantitative estimate of drug-likeness (QED) is 0.658. The fraction of sp³-hybridized carbons (Fsp3) is 0.263. The number of hydrogen-bond donors (Lipinski definition) is 1. The van der Waals surface area contributed by atoms with Gasteiger partial charge < -0.3 is 19.7 Å². The minimum atomic E-state index is -0.0777. The first-order valence-corrected chi connectivity index (χ1v) is 8.87. The zero-order valence-electron chi connectivity index (χ0n) is 15.4. The van der Waals surface area contributed by atoms with Crippen LogP contribution in [0.3, 0.4) is 0 Å². The molecule has 0 spiro atoms. The zero-order chi connectivity index (χ0) is 19.3.